The van der Waals surface area contributed by atoms with E-state index < -0.39 is 0 Å². The van der Waals surface area contributed by atoms with Crippen LogP contribution in [-0.4, -0.2) is 30.1 Å². The molecule has 1 heterocycles. The van der Waals surface area contributed by atoms with Crippen LogP contribution < -0.4 is 15.8 Å². The smallest absolute Gasteiger partial charge is 0.258 e. The van der Waals surface area contributed by atoms with Gasteiger partial charge in [-0.1, -0.05) is 12.1 Å². The van der Waals surface area contributed by atoms with Gasteiger partial charge in [-0.15, -0.1) is 0 Å². The van der Waals surface area contributed by atoms with Crippen LogP contribution in [0.2, 0.25) is 0 Å². The molecule has 1 aromatic rings. The summed E-state index contributed by atoms with van der Waals surface area (Å²) >= 11 is 1.89. The van der Waals surface area contributed by atoms with Gasteiger partial charge in [0, 0.05) is 11.8 Å². The third kappa shape index (κ3) is 3.84. The van der Waals surface area contributed by atoms with E-state index in [0.29, 0.717) is 11.4 Å². The highest BCUT2D eigenvalue weighted by atomic mass is 32.2. The summed E-state index contributed by atoms with van der Waals surface area (Å²) < 4.78 is 5.40. The molecular formula is C13H18N2O2S. The van der Waals surface area contributed by atoms with Crippen molar-refractivity contribution < 1.29 is 9.53 Å². The van der Waals surface area contributed by atoms with Crippen LogP contribution in [0.5, 0.6) is 5.75 Å². The van der Waals surface area contributed by atoms with Crippen LogP contribution >= 0.6 is 11.8 Å². The van der Waals surface area contributed by atoms with Gasteiger partial charge >= 0.3 is 0 Å². The van der Waals surface area contributed by atoms with Crippen molar-refractivity contribution in [3.63, 3.8) is 0 Å². The van der Waals surface area contributed by atoms with Crippen molar-refractivity contribution in [2.75, 3.05) is 23.8 Å². The normalized spacial score (nSPS) is 19.2. The lowest BCUT2D eigenvalue weighted by Crippen LogP contribution is -2.40. The minimum absolute atomic E-state index is 0.0232. The topological polar surface area (TPSA) is 64.3 Å². The van der Waals surface area contributed by atoms with Crippen LogP contribution in [0.4, 0.5) is 5.69 Å². The second-order valence-electron chi connectivity index (χ2n) is 4.31. The lowest BCUT2D eigenvalue weighted by molar-refractivity contribution is -0.123. The molecule has 0 spiro atoms. The Morgan fingerprint density at radius 3 is 3.06 bits per heavy atom. The largest absolute Gasteiger partial charge is 0.482 e. The molecule has 0 aromatic heterocycles. The molecule has 0 aliphatic carbocycles. The number of anilines is 1. The number of thioether (sulfide) groups is 1. The first-order valence-corrected chi connectivity index (χ1v) is 7.25. The van der Waals surface area contributed by atoms with E-state index in [1.54, 1.807) is 12.1 Å². The second-order valence-corrected chi connectivity index (χ2v) is 5.46. The predicted octanol–water partition coefficient (Wildman–Crippen LogP) is 1.66. The molecule has 1 fully saturated rings. The summed E-state index contributed by atoms with van der Waals surface area (Å²) in [5, 5.41) is 2.98. The lowest BCUT2D eigenvalue weighted by atomic mass is 10.2. The molecule has 3 N–H and O–H groups in total. The van der Waals surface area contributed by atoms with Crippen LogP contribution in [0.1, 0.15) is 12.8 Å². The molecule has 0 radical (unpaired) electrons. The number of nitrogen functional groups attached to an aromatic ring is 1. The molecule has 1 aliphatic rings. The zero-order valence-corrected chi connectivity index (χ0v) is 11.0. The fourth-order valence-electron chi connectivity index (χ4n) is 1.88. The van der Waals surface area contributed by atoms with Gasteiger partial charge in [0.15, 0.2) is 6.61 Å². The molecule has 0 saturated carbocycles. The zero-order valence-electron chi connectivity index (χ0n) is 10.2. The number of carbonyl (C=O) groups is 1. The standard InChI is InChI=1S/C13H18N2O2S/c14-11-5-1-2-6-12(11)17-8-13(16)15-10-4-3-7-18-9-10/h1-2,5-6,10H,3-4,7-9,14H2,(H,15,16). The number of amides is 1. The Labute approximate surface area is 111 Å². The Morgan fingerprint density at radius 1 is 1.50 bits per heavy atom. The number of benzene rings is 1. The SMILES string of the molecule is Nc1ccccc1OCC(=O)NC1CCCSC1. The molecule has 1 atom stereocenters. The molecule has 18 heavy (non-hydrogen) atoms. The Morgan fingerprint density at radius 2 is 2.33 bits per heavy atom. The zero-order chi connectivity index (χ0) is 12.8. The molecule has 1 saturated heterocycles. The van der Waals surface area contributed by atoms with Gasteiger partial charge in [-0.05, 0) is 30.7 Å². The summed E-state index contributed by atoms with van der Waals surface area (Å²) in [6.45, 7) is 0.0232. The molecule has 5 heteroatoms. The average Bonchev–Trinajstić information content (AvgIpc) is 2.39. The summed E-state index contributed by atoms with van der Waals surface area (Å²) in [5.74, 6) is 2.68. The second kappa shape index (κ2) is 6.54. The van der Waals surface area contributed by atoms with E-state index >= 15 is 0 Å². The van der Waals surface area contributed by atoms with Crippen molar-refractivity contribution in [3.05, 3.63) is 24.3 Å². The van der Waals surface area contributed by atoms with Crippen LogP contribution in [0.15, 0.2) is 24.3 Å². The molecule has 1 aromatic carbocycles. The minimum Gasteiger partial charge on any atom is -0.482 e. The summed E-state index contributed by atoms with van der Waals surface area (Å²) in [4.78, 5) is 11.7. The highest BCUT2D eigenvalue weighted by molar-refractivity contribution is 7.99. The summed E-state index contributed by atoms with van der Waals surface area (Å²) in [5.41, 5.74) is 6.29. The Bertz CT molecular complexity index is 406. The van der Waals surface area contributed by atoms with Gasteiger partial charge in [0.1, 0.15) is 5.75 Å². The number of para-hydroxylation sites is 2. The maximum Gasteiger partial charge on any atom is 0.258 e. The third-order valence-corrected chi connectivity index (χ3v) is 4.02. The van der Waals surface area contributed by atoms with E-state index in [9.17, 15) is 4.79 Å². The quantitative estimate of drug-likeness (QED) is 0.814. The first-order valence-electron chi connectivity index (χ1n) is 6.10. The highest BCUT2D eigenvalue weighted by Crippen LogP contribution is 2.20. The number of rotatable bonds is 4. The number of ether oxygens (including phenoxy) is 1. The summed E-state index contributed by atoms with van der Waals surface area (Å²) in [7, 11) is 0. The van der Waals surface area contributed by atoms with Gasteiger partial charge in [0.25, 0.3) is 5.91 Å². The van der Waals surface area contributed by atoms with Crippen molar-refractivity contribution in [2.45, 2.75) is 18.9 Å². The average molecular weight is 266 g/mol. The van der Waals surface area contributed by atoms with Crippen LogP contribution in [0.3, 0.4) is 0 Å². The van der Waals surface area contributed by atoms with Crippen LogP contribution in [0.25, 0.3) is 0 Å². The highest BCUT2D eigenvalue weighted by Gasteiger charge is 2.16. The maximum absolute atomic E-state index is 11.7. The van der Waals surface area contributed by atoms with E-state index in [4.69, 9.17) is 10.5 Å². The number of carbonyl (C=O) groups excluding carboxylic acids is 1. The molecule has 4 nitrogen and oxygen atoms in total. The Hall–Kier alpha value is -1.36. The van der Waals surface area contributed by atoms with E-state index in [0.717, 1.165) is 12.2 Å². The molecule has 2 rings (SSSR count). The predicted molar refractivity (Wildman–Crippen MR) is 74.8 cm³/mol. The Balaban J connectivity index is 1.76. The number of hydrogen-bond donors (Lipinski definition) is 2. The van der Waals surface area contributed by atoms with Crippen molar-refractivity contribution in [3.8, 4) is 5.75 Å². The van der Waals surface area contributed by atoms with Gasteiger partial charge < -0.3 is 15.8 Å². The fourth-order valence-corrected chi connectivity index (χ4v) is 2.95. The van der Waals surface area contributed by atoms with E-state index in [2.05, 4.69) is 5.32 Å². The van der Waals surface area contributed by atoms with Gasteiger partial charge in [0.2, 0.25) is 0 Å². The number of hydrogen-bond acceptors (Lipinski definition) is 4. The molecule has 1 unspecified atom stereocenters. The van der Waals surface area contributed by atoms with E-state index in [1.807, 2.05) is 23.9 Å². The van der Waals surface area contributed by atoms with Gasteiger partial charge in [-0.2, -0.15) is 11.8 Å². The van der Waals surface area contributed by atoms with Gasteiger partial charge in [-0.25, -0.2) is 0 Å². The molecule has 98 valence electrons. The van der Waals surface area contributed by atoms with Gasteiger partial charge in [0.05, 0.1) is 5.69 Å². The molecule has 0 bridgehead atoms. The lowest BCUT2D eigenvalue weighted by Gasteiger charge is -2.22. The van der Waals surface area contributed by atoms with Crippen molar-refractivity contribution in [2.24, 2.45) is 0 Å². The van der Waals surface area contributed by atoms with Crippen molar-refractivity contribution >= 4 is 23.4 Å². The third-order valence-electron chi connectivity index (χ3n) is 2.80. The van der Waals surface area contributed by atoms with Crippen molar-refractivity contribution in [1.82, 2.24) is 5.32 Å². The van der Waals surface area contributed by atoms with Crippen LogP contribution in [0, 0.1) is 0 Å². The monoisotopic (exact) mass is 266 g/mol. The fraction of sp³-hybridized carbons (Fsp3) is 0.462. The summed E-state index contributed by atoms with van der Waals surface area (Å²) in [6, 6.07) is 7.47. The first kappa shape index (κ1) is 13.1. The first-order chi connectivity index (χ1) is 8.75. The van der Waals surface area contributed by atoms with Crippen molar-refractivity contribution in [1.29, 1.82) is 0 Å². The molecule has 1 aliphatic heterocycles. The minimum atomic E-state index is -0.0780. The number of nitrogens with two attached hydrogens (primary N) is 1. The molecular weight excluding hydrogens is 248 g/mol. The maximum atomic E-state index is 11.7. The van der Waals surface area contributed by atoms with Crippen LogP contribution in [-0.2, 0) is 4.79 Å². The van der Waals surface area contributed by atoms with E-state index in [1.165, 1.54) is 12.2 Å². The van der Waals surface area contributed by atoms with E-state index in [-0.39, 0.29) is 18.6 Å². The summed E-state index contributed by atoms with van der Waals surface area (Å²) in [6.07, 6.45) is 2.23. The number of nitrogens with one attached hydrogen (secondary N) is 1. The molecule has 1 amide bonds. The van der Waals surface area contributed by atoms with Gasteiger partial charge in [-0.3, -0.25) is 4.79 Å². The Kier molecular flexibility index (Phi) is 4.75.